The van der Waals surface area contributed by atoms with Gasteiger partial charge in [-0.05, 0) is 49.9 Å². The van der Waals surface area contributed by atoms with Gasteiger partial charge >= 0.3 is 0 Å². The van der Waals surface area contributed by atoms with Crippen molar-refractivity contribution in [3.8, 4) is 0 Å². The van der Waals surface area contributed by atoms with Gasteiger partial charge in [0.05, 0.1) is 16.4 Å². The first kappa shape index (κ1) is 16.4. The summed E-state index contributed by atoms with van der Waals surface area (Å²) in [5.41, 5.74) is 7.66. The van der Waals surface area contributed by atoms with E-state index in [0.29, 0.717) is 4.90 Å². The van der Waals surface area contributed by atoms with Crippen molar-refractivity contribution in [1.29, 1.82) is 0 Å². The first-order valence-electron chi connectivity index (χ1n) is 7.20. The summed E-state index contributed by atoms with van der Waals surface area (Å²) in [5.74, 6) is 0. The van der Waals surface area contributed by atoms with E-state index in [-0.39, 0.29) is 17.6 Å². The first-order chi connectivity index (χ1) is 9.82. The average molecular weight is 326 g/mol. The number of hydrogen-bond donors (Lipinski definition) is 1. The number of hydrogen-bond acceptors (Lipinski definition) is 3. The fraction of sp³-hybridized carbons (Fsp3) is 0.533. The largest absolute Gasteiger partial charge is 0.392 e. The molecule has 4 nitrogen and oxygen atoms in total. The van der Waals surface area contributed by atoms with Gasteiger partial charge in [0.1, 0.15) is 0 Å². The number of thiocarbonyl (C=S) groups is 1. The average Bonchev–Trinajstić information content (AvgIpc) is 2.92. The van der Waals surface area contributed by atoms with E-state index in [2.05, 4.69) is 0 Å². The summed E-state index contributed by atoms with van der Waals surface area (Å²) >= 11 is 4.94. The second kappa shape index (κ2) is 6.42. The maximum atomic E-state index is 12.9. The molecule has 0 saturated heterocycles. The van der Waals surface area contributed by atoms with Crippen LogP contribution in [0.15, 0.2) is 23.1 Å². The van der Waals surface area contributed by atoms with Crippen LogP contribution in [0, 0.1) is 13.8 Å². The van der Waals surface area contributed by atoms with Gasteiger partial charge in [-0.1, -0.05) is 31.1 Å². The van der Waals surface area contributed by atoms with Gasteiger partial charge in [0.15, 0.2) is 0 Å². The Morgan fingerprint density at radius 3 is 2.43 bits per heavy atom. The van der Waals surface area contributed by atoms with Crippen LogP contribution in [-0.4, -0.2) is 30.3 Å². The molecule has 2 rings (SSSR count). The van der Waals surface area contributed by atoms with E-state index in [9.17, 15) is 8.42 Å². The van der Waals surface area contributed by atoms with E-state index in [4.69, 9.17) is 18.0 Å². The number of sulfonamides is 1. The number of nitrogens with zero attached hydrogens (tertiary/aromatic N) is 1. The van der Waals surface area contributed by atoms with Crippen molar-refractivity contribution >= 4 is 27.2 Å². The molecule has 1 aromatic rings. The minimum atomic E-state index is -3.55. The lowest BCUT2D eigenvalue weighted by Crippen LogP contribution is -2.43. The Morgan fingerprint density at radius 2 is 1.90 bits per heavy atom. The van der Waals surface area contributed by atoms with Gasteiger partial charge < -0.3 is 5.73 Å². The number of rotatable bonds is 5. The van der Waals surface area contributed by atoms with Crippen molar-refractivity contribution in [3.63, 3.8) is 0 Å². The van der Waals surface area contributed by atoms with Crippen molar-refractivity contribution in [2.75, 3.05) is 6.54 Å². The second-order valence-electron chi connectivity index (χ2n) is 5.70. The summed E-state index contributed by atoms with van der Waals surface area (Å²) in [7, 11) is -3.55. The summed E-state index contributed by atoms with van der Waals surface area (Å²) in [4.78, 5) is 0.544. The summed E-state index contributed by atoms with van der Waals surface area (Å²) in [6.07, 6.45) is 3.88. The lowest BCUT2D eigenvalue weighted by molar-refractivity contribution is 0.355. The maximum Gasteiger partial charge on any atom is 0.243 e. The highest BCUT2D eigenvalue weighted by molar-refractivity contribution is 7.89. The third-order valence-electron chi connectivity index (χ3n) is 4.13. The van der Waals surface area contributed by atoms with Gasteiger partial charge in [-0.25, -0.2) is 8.42 Å². The van der Waals surface area contributed by atoms with Gasteiger partial charge in [0, 0.05) is 6.04 Å². The van der Waals surface area contributed by atoms with Crippen molar-refractivity contribution in [2.45, 2.75) is 50.5 Å². The lowest BCUT2D eigenvalue weighted by Gasteiger charge is -2.27. The topological polar surface area (TPSA) is 63.4 Å². The number of benzene rings is 1. The molecule has 0 spiro atoms. The van der Waals surface area contributed by atoms with Gasteiger partial charge in [0.25, 0.3) is 0 Å². The Kier molecular flexibility index (Phi) is 5.01. The monoisotopic (exact) mass is 326 g/mol. The standard InChI is InChI=1S/C15H22N2O2S2/c1-11-7-8-14(9-12(11)2)21(18,19)17(10-15(16)20)13-5-3-4-6-13/h7-9,13H,3-6,10H2,1-2H3,(H2,16,20). The number of nitrogens with two attached hydrogens (primary N) is 1. The summed E-state index contributed by atoms with van der Waals surface area (Å²) in [6.45, 7) is 4.01. The van der Waals surface area contributed by atoms with Gasteiger partial charge in [-0.2, -0.15) is 4.31 Å². The fourth-order valence-electron chi connectivity index (χ4n) is 2.77. The SMILES string of the molecule is Cc1ccc(S(=O)(=O)N(CC(N)=S)C2CCCC2)cc1C. The predicted molar refractivity (Wildman–Crippen MR) is 88.8 cm³/mol. The van der Waals surface area contributed by atoms with Crippen molar-refractivity contribution in [3.05, 3.63) is 29.3 Å². The molecule has 1 aliphatic rings. The lowest BCUT2D eigenvalue weighted by atomic mass is 10.1. The van der Waals surface area contributed by atoms with Crippen LogP contribution in [0.25, 0.3) is 0 Å². The molecule has 1 fully saturated rings. The predicted octanol–water partition coefficient (Wildman–Crippen LogP) is 2.52. The van der Waals surface area contributed by atoms with E-state index in [1.807, 2.05) is 19.9 Å². The van der Waals surface area contributed by atoms with Crippen LogP contribution in [0.2, 0.25) is 0 Å². The molecular formula is C15H22N2O2S2. The highest BCUT2D eigenvalue weighted by atomic mass is 32.2. The van der Waals surface area contributed by atoms with Crippen LogP contribution >= 0.6 is 12.2 Å². The van der Waals surface area contributed by atoms with E-state index >= 15 is 0 Å². The van der Waals surface area contributed by atoms with Crippen LogP contribution in [0.4, 0.5) is 0 Å². The Hall–Kier alpha value is -0.980. The third kappa shape index (κ3) is 3.62. The molecule has 1 aliphatic carbocycles. The molecule has 0 aliphatic heterocycles. The molecule has 6 heteroatoms. The smallest absolute Gasteiger partial charge is 0.243 e. The molecule has 0 bridgehead atoms. The first-order valence-corrected chi connectivity index (χ1v) is 9.04. The van der Waals surface area contributed by atoms with Crippen LogP contribution in [0.5, 0.6) is 0 Å². The molecule has 0 amide bonds. The van der Waals surface area contributed by atoms with Crippen LogP contribution < -0.4 is 5.73 Å². The molecule has 0 aromatic heterocycles. The Labute approximate surface area is 132 Å². The third-order valence-corrected chi connectivity index (χ3v) is 6.15. The molecule has 0 heterocycles. The second-order valence-corrected chi connectivity index (χ2v) is 8.12. The van der Waals surface area contributed by atoms with Gasteiger partial charge in [0.2, 0.25) is 10.0 Å². The fourth-order valence-corrected chi connectivity index (χ4v) is 4.74. The van der Waals surface area contributed by atoms with E-state index in [1.54, 1.807) is 12.1 Å². The minimum absolute atomic E-state index is 0.0121. The Bertz CT molecular complexity index is 635. The molecule has 0 radical (unpaired) electrons. The molecule has 2 N–H and O–H groups in total. The van der Waals surface area contributed by atoms with Crippen molar-refractivity contribution < 1.29 is 8.42 Å². The summed E-state index contributed by atoms with van der Waals surface area (Å²) in [5, 5.41) is 0. The van der Waals surface area contributed by atoms with Crippen molar-refractivity contribution in [2.24, 2.45) is 5.73 Å². The maximum absolute atomic E-state index is 12.9. The Balaban J connectivity index is 2.40. The molecule has 0 atom stereocenters. The zero-order valence-corrected chi connectivity index (χ0v) is 14.1. The van der Waals surface area contributed by atoms with Gasteiger partial charge in [-0.3, -0.25) is 0 Å². The van der Waals surface area contributed by atoms with Crippen molar-refractivity contribution in [1.82, 2.24) is 4.31 Å². The molecule has 1 aromatic carbocycles. The van der Waals surface area contributed by atoms with Crippen LogP contribution in [0.1, 0.15) is 36.8 Å². The minimum Gasteiger partial charge on any atom is -0.392 e. The molecule has 116 valence electrons. The van der Waals surface area contributed by atoms with Crippen LogP contribution in [-0.2, 0) is 10.0 Å². The zero-order valence-electron chi connectivity index (χ0n) is 12.5. The zero-order chi connectivity index (χ0) is 15.6. The quantitative estimate of drug-likeness (QED) is 0.845. The summed E-state index contributed by atoms with van der Waals surface area (Å²) in [6, 6.07) is 5.25. The van der Waals surface area contributed by atoms with Crippen LogP contribution in [0.3, 0.4) is 0 Å². The van der Waals surface area contributed by atoms with E-state index < -0.39 is 10.0 Å². The molecule has 21 heavy (non-hydrogen) atoms. The number of aryl methyl sites for hydroxylation is 2. The summed E-state index contributed by atoms with van der Waals surface area (Å²) < 4.78 is 27.4. The molecular weight excluding hydrogens is 304 g/mol. The Morgan fingerprint density at radius 1 is 1.29 bits per heavy atom. The van der Waals surface area contributed by atoms with Gasteiger partial charge in [-0.15, -0.1) is 0 Å². The molecule has 0 unspecified atom stereocenters. The van der Waals surface area contributed by atoms with E-state index in [0.717, 1.165) is 36.8 Å². The van der Waals surface area contributed by atoms with E-state index in [1.165, 1.54) is 4.31 Å². The highest BCUT2D eigenvalue weighted by Crippen LogP contribution is 2.29. The molecule has 1 saturated carbocycles. The highest BCUT2D eigenvalue weighted by Gasteiger charge is 2.33. The normalized spacial score (nSPS) is 16.5.